The Labute approximate surface area is 192 Å². The number of benzene rings is 2. The van der Waals surface area contributed by atoms with Crippen molar-refractivity contribution in [2.24, 2.45) is 0 Å². The first-order chi connectivity index (χ1) is 13.9. The average molecular weight is 515 g/mol. The number of methoxy groups -OCH3 is 2. The number of carbonyl (C=O) groups is 1. The third-order valence-electron chi connectivity index (χ3n) is 4.06. The van der Waals surface area contributed by atoms with Crippen LogP contribution in [0.2, 0.25) is 5.02 Å². The van der Waals surface area contributed by atoms with Crippen molar-refractivity contribution in [3.05, 3.63) is 50.3 Å². The Kier molecular flexibility index (Phi) is 7.10. The molecule has 1 aliphatic rings. The molecule has 0 N–H and O–H groups in total. The Balaban J connectivity index is 1.95. The van der Waals surface area contributed by atoms with Crippen LogP contribution in [-0.2, 0) is 4.79 Å². The van der Waals surface area contributed by atoms with Crippen molar-refractivity contribution in [2.75, 3.05) is 25.7 Å². The van der Waals surface area contributed by atoms with Gasteiger partial charge in [0, 0.05) is 4.47 Å². The molecule has 2 aromatic rings. The third kappa shape index (κ3) is 4.55. The molecule has 1 fully saturated rings. The van der Waals surface area contributed by atoms with E-state index < -0.39 is 0 Å². The minimum atomic E-state index is -0.221. The van der Waals surface area contributed by atoms with E-state index in [1.807, 2.05) is 19.1 Å². The summed E-state index contributed by atoms with van der Waals surface area (Å²) in [6.45, 7) is 2.42. The van der Waals surface area contributed by atoms with Gasteiger partial charge in [0.2, 0.25) is 0 Å². The summed E-state index contributed by atoms with van der Waals surface area (Å²) in [5.41, 5.74) is 1.36. The number of ether oxygens (including phenoxy) is 3. The summed E-state index contributed by atoms with van der Waals surface area (Å²) in [4.78, 5) is 15.0. The largest absolute Gasteiger partial charge is 0.495 e. The highest BCUT2D eigenvalue weighted by molar-refractivity contribution is 9.10. The van der Waals surface area contributed by atoms with Gasteiger partial charge in [-0.1, -0.05) is 51.5 Å². The maximum Gasteiger partial charge on any atom is 0.270 e. The summed E-state index contributed by atoms with van der Waals surface area (Å²) >= 11 is 16.4. The van der Waals surface area contributed by atoms with Gasteiger partial charge in [-0.3, -0.25) is 9.69 Å². The minimum absolute atomic E-state index is 0.221. The van der Waals surface area contributed by atoms with Crippen molar-refractivity contribution >= 4 is 73.5 Å². The molecule has 5 nitrogen and oxygen atoms in total. The van der Waals surface area contributed by atoms with E-state index >= 15 is 0 Å². The summed E-state index contributed by atoms with van der Waals surface area (Å²) in [5, 5.41) is 0.405. The van der Waals surface area contributed by atoms with Crippen molar-refractivity contribution in [1.82, 2.24) is 0 Å². The van der Waals surface area contributed by atoms with E-state index in [-0.39, 0.29) is 5.91 Å². The normalized spacial score (nSPS) is 15.2. The second kappa shape index (κ2) is 9.38. The van der Waals surface area contributed by atoms with Gasteiger partial charge in [0.15, 0.2) is 15.8 Å². The fourth-order valence-corrected chi connectivity index (χ4v) is 4.69. The fourth-order valence-electron chi connectivity index (χ4n) is 2.72. The Morgan fingerprint density at radius 2 is 1.90 bits per heavy atom. The predicted octanol–water partition coefficient (Wildman–Crippen LogP) is 5.92. The van der Waals surface area contributed by atoms with Crippen molar-refractivity contribution in [3.8, 4) is 17.2 Å². The molecule has 1 amide bonds. The zero-order valence-corrected chi connectivity index (χ0v) is 19.8. The van der Waals surface area contributed by atoms with Gasteiger partial charge in [0.25, 0.3) is 5.91 Å². The van der Waals surface area contributed by atoms with Crippen LogP contribution in [0.5, 0.6) is 17.2 Å². The molecule has 9 heteroatoms. The number of amides is 1. The molecule has 0 aliphatic carbocycles. The Hall–Kier alpha value is -1.74. The van der Waals surface area contributed by atoms with E-state index in [1.54, 1.807) is 31.4 Å². The lowest BCUT2D eigenvalue weighted by Gasteiger charge is -2.15. The maximum absolute atomic E-state index is 13.0. The second-order valence-corrected chi connectivity index (χ2v) is 8.73. The second-order valence-electron chi connectivity index (χ2n) is 5.79. The molecular weight excluding hydrogens is 498 g/mol. The Morgan fingerprint density at radius 1 is 1.17 bits per heavy atom. The molecule has 1 aliphatic heterocycles. The number of carbonyl (C=O) groups excluding carboxylic acids is 1. The molecule has 3 rings (SSSR count). The maximum atomic E-state index is 13.0. The molecule has 1 heterocycles. The first-order valence-electron chi connectivity index (χ1n) is 8.51. The molecule has 0 atom stereocenters. The summed E-state index contributed by atoms with van der Waals surface area (Å²) in [6.07, 6.45) is 1.77. The molecule has 0 bridgehead atoms. The number of hydrogen-bond donors (Lipinski definition) is 0. The molecular formula is C20H17BrClNO4S2. The van der Waals surface area contributed by atoms with Crippen LogP contribution in [0, 0.1) is 0 Å². The van der Waals surface area contributed by atoms with Crippen molar-refractivity contribution in [1.29, 1.82) is 0 Å². The molecule has 2 aromatic carbocycles. The molecule has 0 unspecified atom stereocenters. The van der Waals surface area contributed by atoms with Crippen molar-refractivity contribution in [2.45, 2.75) is 6.92 Å². The predicted molar refractivity (Wildman–Crippen MR) is 126 cm³/mol. The molecule has 0 aromatic heterocycles. The Bertz CT molecular complexity index is 1010. The average Bonchev–Trinajstić information content (AvgIpc) is 2.97. The number of halogens is 2. The lowest BCUT2D eigenvalue weighted by molar-refractivity contribution is -0.113. The van der Waals surface area contributed by atoms with Gasteiger partial charge in [-0.25, -0.2) is 0 Å². The van der Waals surface area contributed by atoms with Gasteiger partial charge >= 0.3 is 0 Å². The van der Waals surface area contributed by atoms with Crippen LogP contribution in [0.1, 0.15) is 12.5 Å². The monoisotopic (exact) mass is 513 g/mol. The summed E-state index contributed by atoms with van der Waals surface area (Å²) in [5.74, 6) is 1.51. The standard InChI is InChI=1S/C20H17BrClNO4S2/c1-4-27-17-10-13(21)11(7-16(17)26-3)8-18-19(24)23(20(28)29-18)12-5-6-15(25-2)14(22)9-12/h5-10H,4H2,1-3H3/b18-8-. The number of anilines is 1. The van der Waals surface area contributed by atoms with Crippen LogP contribution < -0.4 is 19.1 Å². The first kappa shape index (κ1) is 22.0. The number of nitrogens with zero attached hydrogens (tertiary/aromatic N) is 1. The zero-order valence-electron chi connectivity index (χ0n) is 15.8. The van der Waals surface area contributed by atoms with E-state index in [2.05, 4.69) is 15.9 Å². The van der Waals surface area contributed by atoms with E-state index in [1.165, 1.54) is 23.8 Å². The zero-order chi connectivity index (χ0) is 21.1. The lowest BCUT2D eigenvalue weighted by atomic mass is 10.1. The van der Waals surface area contributed by atoms with Gasteiger partial charge in [-0.2, -0.15) is 0 Å². The smallest absolute Gasteiger partial charge is 0.270 e. The molecule has 29 heavy (non-hydrogen) atoms. The van der Waals surface area contributed by atoms with Crippen molar-refractivity contribution < 1.29 is 19.0 Å². The molecule has 0 saturated carbocycles. The molecule has 0 spiro atoms. The highest BCUT2D eigenvalue weighted by atomic mass is 79.9. The van der Waals surface area contributed by atoms with Crippen LogP contribution in [0.4, 0.5) is 5.69 Å². The molecule has 1 saturated heterocycles. The van der Waals surface area contributed by atoms with Gasteiger partial charge in [0.05, 0.1) is 36.4 Å². The van der Waals surface area contributed by atoms with E-state index in [4.69, 9.17) is 38.0 Å². The lowest BCUT2D eigenvalue weighted by Crippen LogP contribution is -2.27. The Morgan fingerprint density at radius 3 is 2.52 bits per heavy atom. The SMILES string of the molecule is CCOc1cc(Br)c(/C=C2\SC(=S)N(c3ccc(OC)c(Cl)c3)C2=O)cc1OC. The third-order valence-corrected chi connectivity index (χ3v) is 6.34. The van der Waals surface area contributed by atoms with Crippen LogP contribution in [0.25, 0.3) is 6.08 Å². The highest BCUT2D eigenvalue weighted by Crippen LogP contribution is 2.40. The van der Waals surface area contributed by atoms with E-state index in [0.29, 0.717) is 43.8 Å². The number of thioether (sulfide) groups is 1. The van der Waals surface area contributed by atoms with Crippen LogP contribution >= 0.6 is 51.5 Å². The molecule has 152 valence electrons. The van der Waals surface area contributed by atoms with Crippen LogP contribution in [-0.4, -0.2) is 31.1 Å². The van der Waals surface area contributed by atoms with E-state index in [0.717, 1.165) is 10.0 Å². The van der Waals surface area contributed by atoms with Gasteiger partial charge in [-0.15, -0.1) is 0 Å². The minimum Gasteiger partial charge on any atom is -0.495 e. The highest BCUT2D eigenvalue weighted by Gasteiger charge is 2.33. The number of hydrogen-bond acceptors (Lipinski definition) is 6. The quantitative estimate of drug-likeness (QED) is 0.352. The summed E-state index contributed by atoms with van der Waals surface area (Å²) in [7, 11) is 3.11. The summed E-state index contributed by atoms with van der Waals surface area (Å²) < 4.78 is 17.4. The van der Waals surface area contributed by atoms with Crippen molar-refractivity contribution in [3.63, 3.8) is 0 Å². The first-order valence-corrected chi connectivity index (χ1v) is 10.9. The van der Waals surface area contributed by atoms with Gasteiger partial charge in [0.1, 0.15) is 5.75 Å². The fraction of sp³-hybridized carbons (Fsp3) is 0.200. The number of thiocarbonyl (C=S) groups is 1. The van der Waals surface area contributed by atoms with Crippen LogP contribution in [0.15, 0.2) is 39.7 Å². The number of rotatable bonds is 6. The summed E-state index contributed by atoms with van der Waals surface area (Å²) in [6, 6.07) is 8.73. The molecule has 0 radical (unpaired) electrons. The topological polar surface area (TPSA) is 48.0 Å². The van der Waals surface area contributed by atoms with Crippen LogP contribution in [0.3, 0.4) is 0 Å². The van der Waals surface area contributed by atoms with Gasteiger partial charge < -0.3 is 14.2 Å². The van der Waals surface area contributed by atoms with E-state index in [9.17, 15) is 4.79 Å². The van der Waals surface area contributed by atoms with Gasteiger partial charge in [-0.05, 0) is 48.9 Å².